The predicted molar refractivity (Wildman–Crippen MR) is 98.5 cm³/mol. The minimum atomic E-state index is -3.82. The Labute approximate surface area is 157 Å². The molecular weight excluding hydrogens is 395 g/mol. The van der Waals surface area contributed by atoms with Crippen molar-refractivity contribution in [2.45, 2.75) is 4.90 Å². The summed E-state index contributed by atoms with van der Waals surface area (Å²) in [6.45, 7) is -0.529. The van der Waals surface area contributed by atoms with Gasteiger partial charge in [-0.25, -0.2) is 22.7 Å². The summed E-state index contributed by atoms with van der Waals surface area (Å²) >= 11 is 1.13. The van der Waals surface area contributed by atoms with Gasteiger partial charge >= 0.3 is 5.97 Å². The number of hydrogen-bond acceptors (Lipinski definition) is 6. The fourth-order valence-corrected chi connectivity index (χ4v) is 3.69. The highest BCUT2D eigenvalue weighted by atomic mass is 32.2. The minimum absolute atomic E-state index is 0.0897. The van der Waals surface area contributed by atoms with Crippen molar-refractivity contribution in [2.24, 2.45) is 5.14 Å². The molecule has 0 aliphatic rings. The summed E-state index contributed by atoms with van der Waals surface area (Å²) in [7, 11) is -3.82. The van der Waals surface area contributed by atoms with Crippen molar-refractivity contribution in [2.75, 3.05) is 11.9 Å². The van der Waals surface area contributed by atoms with Gasteiger partial charge in [-0.05, 0) is 53.9 Å². The molecule has 1 aromatic heterocycles. The molecule has 2 aromatic carbocycles. The lowest BCUT2D eigenvalue weighted by Crippen LogP contribution is -2.20. The van der Waals surface area contributed by atoms with Gasteiger partial charge in [0.05, 0.1) is 4.90 Å². The van der Waals surface area contributed by atoms with E-state index in [1.165, 1.54) is 42.5 Å². The molecule has 27 heavy (non-hydrogen) atoms. The van der Waals surface area contributed by atoms with E-state index < -0.39 is 34.3 Å². The Morgan fingerprint density at radius 3 is 2.48 bits per heavy atom. The van der Waals surface area contributed by atoms with Crippen LogP contribution < -0.4 is 10.5 Å². The van der Waals surface area contributed by atoms with Crippen LogP contribution in [0, 0.1) is 5.82 Å². The first-order chi connectivity index (χ1) is 12.7. The maximum absolute atomic E-state index is 13.2. The van der Waals surface area contributed by atoms with Crippen LogP contribution in [0.15, 0.2) is 53.4 Å². The average Bonchev–Trinajstić information content (AvgIpc) is 3.02. The summed E-state index contributed by atoms with van der Waals surface area (Å²) in [6, 6.07) is 10.9. The molecule has 3 rings (SSSR count). The number of hydrogen-bond donors (Lipinski definition) is 2. The summed E-state index contributed by atoms with van der Waals surface area (Å²) in [6.07, 6.45) is 0. The van der Waals surface area contributed by atoms with Crippen molar-refractivity contribution < 1.29 is 27.1 Å². The number of ether oxygens (including phenoxy) is 1. The topological polar surface area (TPSA) is 116 Å². The summed E-state index contributed by atoms with van der Waals surface area (Å²) in [4.78, 5) is 24.1. The summed E-state index contributed by atoms with van der Waals surface area (Å²) in [5.41, 5.74) is 0.320. The molecule has 0 atom stereocenters. The molecular formula is C17H13FN2O5S2. The van der Waals surface area contributed by atoms with Gasteiger partial charge in [-0.1, -0.05) is 0 Å². The molecule has 7 nitrogen and oxygen atoms in total. The number of esters is 1. The number of primary sulfonamides is 1. The highest BCUT2D eigenvalue weighted by Crippen LogP contribution is 2.26. The van der Waals surface area contributed by atoms with Crippen molar-refractivity contribution >= 4 is 49.0 Å². The first-order valence-corrected chi connectivity index (χ1v) is 9.87. The van der Waals surface area contributed by atoms with Crippen LogP contribution >= 0.6 is 11.3 Å². The second-order valence-corrected chi connectivity index (χ2v) is 8.13. The SMILES string of the molecule is NS(=O)(=O)c1ccc(NC(=O)COC(=O)c2cc3cc(F)ccc3s2)cc1. The lowest BCUT2D eigenvalue weighted by atomic mass is 10.2. The number of nitrogens with one attached hydrogen (secondary N) is 1. The highest BCUT2D eigenvalue weighted by Gasteiger charge is 2.14. The molecule has 0 fully saturated rings. The number of anilines is 1. The zero-order valence-electron chi connectivity index (χ0n) is 13.6. The Bertz CT molecular complexity index is 1120. The molecule has 0 aliphatic heterocycles. The summed E-state index contributed by atoms with van der Waals surface area (Å²) in [5.74, 6) is -1.71. The number of fused-ring (bicyclic) bond motifs is 1. The fraction of sp³-hybridized carbons (Fsp3) is 0.0588. The molecule has 3 N–H and O–H groups in total. The number of carbonyl (C=O) groups is 2. The van der Waals surface area contributed by atoms with E-state index in [4.69, 9.17) is 9.88 Å². The third kappa shape index (κ3) is 4.67. The van der Waals surface area contributed by atoms with E-state index in [0.717, 1.165) is 16.0 Å². The number of nitrogens with two attached hydrogens (primary N) is 1. The lowest BCUT2D eigenvalue weighted by Gasteiger charge is -2.06. The average molecular weight is 408 g/mol. The maximum Gasteiger partial charge on any atom is 0.348 e. The van der Waals surface area contributed by atoms with Gasteiger partial charge < -0.3 is 10.1 Å². The second kappa shape index (κ2) is 7.43. The van der Waals surface area contributed by atoms with Gasteiger partial charge in [0.2, 0.25) is 10.0 Å². The van der Waals surface area contributed by atoms with Crippen LogP contribution in [0.2, 0.25) is 0 Å². The number of halogens is 1. The van der Waals surface area contributed by atoms with Gasteiger partial charge in [0.15, 0.2) is 6.61 Å². The number of rotatable bonds is 5. The number of thiophene rings is 1. The van der Waals surface area contributed by atoms with E-state index in [2.05, 4.69) is 5.32 Å². The maximum atomic E-state index is 13.2. The van der Waals surface area contributed by atoms with Crippen LogP contribution in [0.1, 0.15) is 9.67 Å². The third-order valence-corrected chi connectivity index (χ3v) is 5.51. The van der Waals surface area contributed by atoms with E-state index in [1.54, 1.807) is 6.07 Å². The number of benzene rings is 2. The van der Waals surface area contributed by atoms with E-state index in [0.29, 0.717) is 11.1 Å². The van der Waals surface area contributed by atoms with Gasteiger partial charge in [0.1, 0.15) is 10.7 Å². The fourth-order valence-electron chi connectivity index (χ4n) is 2.24. The zero-order valence-corrected chi connectivity index (χ0v) is 15.3. The Morgan fingerprint density at radius 2 is 1.81 bits per heavy atom. The van der Waals surface area contributed by atoms with Gasteiger partial charge in [-0.3, -0.25) is 4.79 Å². The van der Waals surface area contributed by atoms with Crippen molar-refractivity contribution in [1.82, 2.24) is 0 Å². The van der Waals surface area contributed by atoms with Gasteiger partial charge in [-0.2, -0.15) is 0 Å². The van der Waals surface area contributed by atoms with Gasteiger partial charge in [0.25, 0.3) is 5.91 Å². The van der Waals surface area contributed by atoms with Crippen molar-refractivity contribution in [3.63, 3.8) is 0 Å². The molecule has 3 aromatic rings. The third-order valence-electron chi connectivity index (χ3n) is 3.48. The van der Waals surface area contributed by atoms with Crippen LogP contribution in [-0.4, -0.2) is 26.9 Å². The van der Waals surface area contributed by atoms with Crippen molar-refractivity contribution in [1.29, 1.82) is 0 Å². The standard InChI is InChI=1S/C17H13FN2O5S2/c18-11-1-6-14-10(7-11)8-15(26-14)17(22)25-9-16(21)20-12-2-4-13(5-3-12)27(19,23)24/h1-8H,9H2,(H,20,21)(H2,19,23,24). The van der Waals surface area contributed by atoms with Gasteiger partial charge in [-0.15, -0.1) is 11.3 Å². The molecule has 0 aliphatic carbocycles. The van der Waals surface area contributed by atoms with Crippen LogP contribution in [0.3, 0.4) is 0 Å². The normalized spacial score (nSPS) is 11.3. The first kappa shape index (κ1) is 19.0. The Hall–Kier alpha value is -2.82. The molecule has 10 heteroatoms. The number of sulfonamides is 1. The largest absolute Gasteiger partial charge is 0.451 e. The molecule has 0 saturated carbocycles. The van der Waals surface area contributed by atoms with Crippen molar-refractivity contribution in [3.8, 4) is 0 Å². The van der Waals surface area contributed by atoms with E-state index in [1.807, 2.05) is 0 Å². The zero-order chi connectivity index (χ0) is 19.6. The molecule has 0 spiro atoms. The molecule has 1 heterocycles. The summed E-state index contributed by atoms with van der Waals surface area (Å²) in [5, 5.41) is 8.03. The molecule has 0 saturated heterocycles. The number of amides is 1. The molecule has 0 unspecified atom stereocenters. The van der Waals surface area contributed by atoms with Crippen LogP contribution in [0.25, 0.3) is 10.1 Å². The molecule has 1 amide bonds. The first-order valence-electron chi connectivity index (χ1n) is 7.51. The van der Waals surface area contributed by atoms with Crippen LogP contribution in [-0.2, 0) is 19.6 Å². The Morgan fingerprint density at radius 1 is 1.11 bits per heavy atom. The summed E-state index contributed by atoms with van der Waals surface area (Å²) < 4.78 is 41.2. The Balaban J connectivity index is 1.58. The van der Waals surface area contributed by atoms with Crippen LogP contribution in [0.5, 0.6) is 0 Å². The predicted octanol–water partition coefficient (Wildman–Crippen LogP) is 2.48. The quantitative estimate of drug-likeness (QED) is 0.629. The molecule has 0 bridgehead atoms. The second-order valence-electron chi connectivity index (χ2n) is 5.49. The van der Waals surface area contributed by atoms with E-state index in [9.17, 15) is 22.4 Å². The smallest absolute Gasteiger partial charge is 0.348 e. The molecule has 140 valence electrons. The molecule has 0 radical (unpaired) electrons. The van der Waals surface area contributed by atoms with Crippen molar-refractivity contribution in [3.05, 3.63) is 59.2 Å². The van der Waals surface area contributed by atoms with E-state index >= 15 is 0 Å². The minimum Gasteiger partial charge on any atom is -0.451 e. The van der Waals surface area contributed by atoms with Gasteiger partial charge in [0, 0.05) is 10.4 Å². The van der Waals surface area contributed by atoms with Crippen LogP contribution in [0.4, 0.5) is 10.1 Å². The monoisotopic (exact) mass is 408 g/mol. The lowest BCUT2D eigenvalue weighted by molar-refractivity contribution is -0.119. The van der Waals surface area contributed by atoms with E-state index in [-0.39, 0.29) is 9.77 Å². The number of carbonyl (C=O) groups excluding carboxylic acids is 2. The Kier molecular flexibility index (Phi) is 5.22. The highest BCUT2D eigenvalue weighted by molar-refractivity contribution is 7.89.